The van der Waals surface area contributed by atoms with Gasteiger partial charge in [0.2, 0.25) is 0 Å². The van der Waals surface area contributed by atoms with E-state index in [0.717, 1.165) is 24.9 Å². The molecule has 0 saturated carbocycles. The van der Waals surface area contributed by atoms with Crippen LogP contribution < -0.4 is 11.1 Å². The molecule has 2 rings (SSSR count). The van der Waals surface area contributed by atoms with Gasteiger partial charge in [-0.25, -0.2) is 4.79 Å². The minimum Gasteiger partial charge on any atom is -0.408 e. The lowest BCUT2D eigenvalue weighted by Crippen LogP contribution is -2.08. The number of fused-ring (bicyclic) bond motifs is 1. The molecule has 0 bridgehead atoms. The zero-order valence-electron chi connectivity index (χ0n) is 8.67. The third-order valence-corrected chi connectivity index (χ3v) is 2.38. The van der Waals surface area contributed by atoms with Gasteiger partial charge < -0.3 is 9.73 Å². The number of benzene rings is 1. The number of hydrogen-bond donors (Lipinski definition) is 2. The van der Waals surface area contributed by atoms with Gasteiger partial charge in [-0.15, -0.1) is 0 Å². The first-order chi connectivity index (χ1) is 7.29. The molecule has 0 atom stereocenters. The average Bonchev–Trinajstić information content (AvgIpc) is 2.57. The summed E-state index contributed by atoms with van der Waals surface area (Å²) < 4.78 is 4.99. The van der Waals surface area contributed by atoms with Crippen LogP contribution >= 0.6 is 0 Å². The SMILES string of the molecule is CNCCCc1ccc2[nH]c(=O)oc2c1. The largest absolute Gasteiger partial charge is 0.417 e. The lowest BCUT2D eigenvalue weighted by molar-refractivity contribution is 0.555. The lowest BCUT2D eigenvalue weighted by Gasteiger charge is -2.00. The molecule has 0 amide bonds. The monoisotopic (exact) mass is 206 g/mol. The summed E-state index contributed by atoms with van der Waals surface area (Å²) in [5, 5.41) is 3.10. The number of aryl methyl sites for hydroxylation is 1. The first kappa shape index (κ1) is 9.98. The Morgan fingerprint density at radius 3 is 3.13 bits per heavy atom. The van der Waals surface area contributed by atoms with Gasteiger partial charge in [0.15, 0.2) is 5.58 Å². The van der Waals surface area contributed by atoms with E-state index < -0.39 is 5.76 Å². The van der Waals surface area contributed by atoms with Gasteiger partial charge in [-0.3, -0.25) is 4.98 Å². The molecule has 1 aromatic heterocycles. The van der Waals surface area contributed by atoms with Crippen LogP contribution in [-0.4, -0.2) is 18.6 Å². The Hall–Kier alpha value is -1.55. The summed E-state index contributed by atoms with van der Waals surface area (Å²) >= 11 is 0. The van der Waals surface area contributed by atoms with E-state index in [1.807, 2.05) is 25.2 Å². The summed E-state index contributed by atoms with van der Waals surface area (Å²) in [6.45, 7) is 0.995. The van der Waals surface area contributed by atoms with Crippen molar-refractivity contribution < 1.29 is 4.42 Å². The molecule has 4 nitrogen and oxygen atoms in total. The zero-order valence-corrected chi connectivity index (χ0v) is 8.67. The van der Waals surface area contributed by atoms with Crippen LogP contribution in [0.5, 0.6) is 0 Å². The molecule has 0 unspecified atom stereocenters. The number of H-pyrrole nitrogens is 1. The van der Waals surface area contributed by atoms with Crippen LogP contribution in [0.3, 0.4) is 0 Å². The summed E-state index contributed by atoms with van der Waals surface area (Å²) in [4.78, 5) is 13.5. The minimum atomic E-state index is -0.391. The van der Waals surface area contributed by atoms with Crippen molar-refractivity contribution in [1.29, 1.82) is 0 Å². The molecule has 1 heterocycles. The van der Waals surface area contributed by atoms with E-state index in [0.29, 0.717) is 5.58 Å². The van der Waals surface area contributed by atoms with E-state index in [1.54, 1.807) is 0 Å². The van der Waals surface area contributed by atoms with Crippen LogP contribution in [0.2, 0.25) is 0 Å². The van der Waals surface area contributed by atoms with Crippen LogP contribution in [0.4, 0.5) is 0 Å². The molecule has 0 spiro atoms. The first-order valence-corrected chi connectivity index (χ1v) is 5.06. The molecule has 1 aromatic carbocycles. The van der Waals surface area contributed by atoms with Crippen molar-refractivity contribution >= 4 is 11.1 Å². The van der Waals surface area contributed by atoms with E-state index >= 15 is 0 Å². The van der Waals surface area contributed by atoms with Gasteiger partial charge >= 0.3 is 5.76 Å². The van der Waals surface area contributed by atoms with Crippen molar-refractivity contribution in [1.82, 2.24) is 10.3 Å². The number of oxazole rings is 1. The standard InChI is InChI=1S/C11H14N2O2/c1-12-6-2-3-8-4-5-9-10(7-8)15-11(14)13-9/h4-5,7,12H,2-3,6H2,1H3,(H,13,14). The van der Waals surface area contributed by atoms with Crippen molar-refractivity contribution in [2.45, 2.75) is 12.8 Å². The Balaban J connectivity index is 2.19. The quantitative estimate of drug-likeness (QED) is 0.741. The third-order valence-electron chi connectivity index (χ3n) is 2.38. The third kappa shape index (κ3) is 2.27. The molecule has 0 fully saturated rings. The summed E-state index contributed by atoms with van der Waals surface area (Å²) in [6.07, 6.45) is 2.07. The average molecular weight is 206 g/mol. The fourth-order valence-electron chi connectivity index (χ4n) is 1.61. The van der Waals surface area contributed by atoms with Crippen molar-refractivity contribution in [2.24, 2.45) is 0 Å². The molecule has 0 aliphatic heterocycles. The highest BCUT2D eigenvalue weighted by Gasteiger charge is 2.01. The Morgan fingerprint density at radius 1 is 1.47 bits per heavy atom. The fraction of sp³-hybridized carbons (Fsp3) is 0.364. The lowest BCUT2D eigenvalue weighted by atomic mass is 10.1. The number of hydrogen-bond acceptors (Lipinski definition) is 3. The number of nitrogens with one attached hydrogen (secondary N) is 2. The maximum atomic E-state index is 10.9. The van der Waals surface area contributed by atoms with Crippen LogP contribution in [0, 0.1) is 0 Å². The van der Waals surface area contributed by atoms with Crippen LogP contribution in [0.25, 0.3) is 11.1 Å². The second-order valence-corrected chi connectivity index (χ2v) is 3.55. The van der Waals surface area contributed by atoms with Gasteiger partial charge in [0.05, 0.1) is 5.52 Å². The first-order valence-electron chi connectivity index (χ1n) is 5.06. The van der Waals surface area contributed by atoms with Crippen LogP contribution in [-0.2, 0) is 6.42 Å². The summed E-state index contributed by atoms with van der Waals surface area (Å²) in [6, 6.07) is 5.82. The molecule has 2 aromatic rings. The molecular formula is C11H14N2O2. The minimum absolute atomic E-state index is 0.391. The maximum Gasteiger partial charge on any atom is 0.417 e. The fourth-order valence-corrected chi connectivity index (χ4v) is 1.61. The molecule has 0 aliphatic carbocycles. The Labute approximate surface area is 87.3 Å². The summed E-state index contributed by atoms with van der Waals surface area (Å²) in [5.74, 6) is -0.391. The van der Waals surface area contributed by atoms with Crippen molar-refractivity contribution in [2.75, 3.05) is 13.6 Å². The van der Waals surface area contributed by atoms with Gasteiger partial charge in [0, 0.05) is 0 Å². The molecule has 0 aliphatic rings. The summed E-state index contributed by atoms with van der Waals surface area (Å²) in [5.41, 5.74) is 2.60. The van der Waals surface area contributed by atoms with Crippen LogP contribution in [0.1, 0.15) is 12.0 Å². The molecule has 0 radical (unpaired) electrons. The van der Waals surface area contributed by atoms with E-state index in [1.165, 1.54) is 5.56 Å². The molecule has 15 heavy (non-hydrogen) atoms. The van der Waals surface area contributed by atoms with Crippen molar-refractivity contribution in [3.05, 3.63) is 34.3 Å². The topological polar surface area (TPSA) is 58.0 Å². The Bertz CT molecular complexity index is 499. The van der Waals surface area contributed by atoms with Gasteiger partial charge in [-0.05, 0) is 44.1 Å². The molecular weight excluding hydrogens is 192 g/mol. The van der Waals surface area contributed by atoms with Gasteiger partial charge in [0.1, 0.15) is 0 Å². The maximum absolute atomic E-state index is 10.9. The van der Waals surface area contributed by atoms with E-state index in [-0.39, 0.29) is 0 Å². The Morgan fingerprint density at radius 2 is 2.33 bits per heavy atom. The van der Waals surface area contributed by atoms with Gasteiger partial charge in [-0.1, -0.05) is 6.07 Å². The van der Waals surface area contributed by atoms with E-state index in [4.69, 9.17) is 4.42 Å². The zero-order chi connectivity index (χ0) is 10.7. The molecule has 2 N–H and O–H groups in total. The number of aromatic amines is 1. The van der Waals surface area contributed by atoms with Gasteiger partial charge in [0.25, 0.3) is 0 Å². The summed E-state index contributed by atoms with van der Waals surface area (Å²) in [7, 11) is 1.94. The second-order valence-electron chi connectivity index (χ2n) is 3.55. The highest BCUT2D eigenvalue weighted by atomic mass is 16.4. The second kappa shape index (κ2) is 4.31. The van der Waals surface area contributed by atoms with Crippen LogP contribution in [0.15, 0.2) is 27.4 Å². The van der Waals surface area contributed by atoms with E-state index in [2.05, 4.69) is 10.3 Å². The number of aromatic nitrogens is 1. The van der Waals surface area contributed by atoms with E-state index in [9.17, 15) is 4.79 Å². The van der Waals surface area contributed by atoms with Gasteiger partial charge in [-0.2, -0.15) is 0 Å². The Kier molecular flexibility index (Phi) is 2.87. The predicted molar refractivity (Wildman–Crippen MR) is 59.1 cm³/mol. The molecule has 80 valence electrons. The normalized spacial score (nSPS) is 11.0. The van der Waals surface area contributed by atoms with Crippen molar-refractivity contribution in [3.8, 4) is 0 Å². The number of rotatable bonds is 4. The van der Waals surface area contributed by atoms with Crippen molar-refractivity contribution in [3.63, 3.8) is 0 Å². The molecule has 0 saturated heterocycles. The predicted octanol–water partition coefficient (Wildman–Crippen LogP) is 1.27. The highest BCUT2D eigenvalue weighted by Crippen LogP contribution is 2.13. The molecule has 4 heteroatoms. The highest BCUT2D eigenvalue weighted by molar-refractivity contribution is 5.72. The smallest absolute Gasteiger partial charge is 0.408 e.